The van der Waals surface area contributed by atoms with E-state index in [1.54, 1.807) is 0 Å². The van der Waals surface area contributed by atoms with Gasteiger partial charge in [-0.25, -0.2) is 4.98 Å². The summed E-state index contributed by atoms with van der Waals surface area (Å²) < 4.78 is 45.2. The molecule has 0 bridgehead atoms. The molecule has 1 unspecified atom stereocenters. The summed E-state index contributed by atoms with van der Waals surface area (Å²) in [5, 5.41) is 2.79. The lowest BCUT2D eigenvalue weighted by atomic mass is 9.93. The SMILES string of the molecule is O=C(NCC1CCc2nc(C(F)(F)F)cn2C1)c1coc2c1C(=O)CCC2. The number of amides is 1. The van der Waals surface area contributed by atoms with Crippen molar-refractivity contribution in [2.75, 3.05) is 6.54 Å². The number of aryl methyl sites for hydroxylation is 2. The van der Waals surface area contributed by atoms with Crippen LogP contribution in [0.2, 0.25) is 0 Å². The maximum atomic E-state index is 12.8. The summed E-state index contributed by atoms with van der Waals surface area (Å²) in [4.78, 5) is 28.2. The molecule has 1 atom stereocenters. The summed E-state index contributed by atoms with van der Waals surface area (Å²) in [6.07, 6.45) is 0.703. The summed E-state index contributed by atoms with van der Waals surface area (Å²) in [7, 11) is 0. The van der Waals surface area contributed by atoms with Crippen LogP contribution in [0.25, 0.3) is 0 Å². The number of alkyl halides is 3. The summed E-state index contributed by atoms with van der Waals surface area (Å²) in [6.45, 7) is 0.674. The number of hydrogen-bond acceptors (Lipinski definition) is 4. The topological polar surface area (TPSA) is 77.1 Å². The molecule has 0 radical (unpaired) electrons. The van der Waals surface area contributed by atoms with E-state index in [2.05, 4.69) is 10.3 Å². The Balaban J connectivity index is 1.40. The van der Waals surface area contributed by atoms with Crippen LogP contribution in [0.3, 0.4) is 0 Å². The maximum Gasteiger partial charge on any atom is 0.434 e. The molecule has 0 aromatic carbocycles. The Morgan fingerprint density at radius 3 is 2.93 bits per heavy atom. The largest absolute Gasteiger partial charge is 0.468 e. The van der Waals surface area contributed by atoms with Crippen molar-refractivity contribution < 1.29 is 27.2 Å². The van der Waals surface area contributed by atoms with Crippen LogP contribution in [0.1, 0.15) is 57.3 Å². The van der Waals surface area contributed by atoms with Gasteiger partial charge in [0.25, 0.3) is 5.91 Å². The standard InChI is InChI=1S/C18H18F3N3O3/c19-18(20,21)14-8-24-7-10(4-5-15(24)23-14)6-22-17(26)11-9-27-13-3-1-2-12(25)16(11)13/h8-10H,1-7H2,(H,22,26). The van der Waals surface area contributed by atoms with Gasteiger partial charge in [-0.1, -0.05) is 0 Å². The molecule has 4 rings (SSSR count). The van der Waals surface area contributed by atoms with Gasteiger partial charge >= 0.3 is 6.18 Å². The minimum atomic E-state index is -4.46. The lowest BCUT2D eigenvalue weighted by Crippen LogP contribution is -2.34. The minimum Gasteiger partial charge on any atom is -0.468 e. The molecule has 2 aromatic heterocycles. The van der Waals surface area contributed by atoms with Crippen molar-refractivity contribution >= 4 is 11.7 Å². The zero-order valence-corrected chi connectivity index (χ0v) is 14.4. The summed E-state index contributed by atoms with van der Waals surface area (Å²) in [5.41, 5.74) is -0.270. The highest BCUT2D eigenvalue weighted by molar-refractivity contribution is 6.09. The fourth-order valence-electron chi connectivity index (χ4n) is 3.74. The first-order valence-electron chi connectivity index (χ1n) is 8.88. The monoisotopic (exact) mass is 381 g/mol. The van der Waals surface area contributed by atoms with Crippen molar-refractivity contribution in [2.24, 2.45) is 5.92 Å². The number of nitrogens with zero attached hydrogens (tertiary/aromatic N) is 2. The molecule has 144 valence electrons. The van der Waals surface area contributed by atoms with Crippen LogP contribution in [-0.2, 0) is 25.6 Å². The number of halogens is 3. The van der Waals surface area contributed by atoms with E-state index in [-0.39, 0.29) is 23.2 Å². The van der Waals surface area contributed by atoms with Crippen LogP contribution in [0.4, 0.5) is 13.2 Å². The van der Waals surface area contributed by atoms with E-state index in [4.69, 9.17) is 4.42 Å². The molecule has 2 aliphatic rings. The fourth-order valence-corrected chi connectivity index (χ4v) is 3.74. The second-order valence-corrected chi connectivity index (χ2v) is 7.03. The highest BCUT2D eigenvalue weighted by Crippen LogP contribution is 2.31. The first kappa shape index (κ1) is 17.8. The average molecular weight is 381 g/mol. The molecule has 1 aliphatic heterocycles. The predicted molar refractivity (Wildman–Crippen MR) is 87.3 cm³/mol. The van der Waals surface area contributed by atoms with Crippen LogP contribution >= 0.6 is 0 Å². The third-order valence-corrected chi connectivity index (χ3v) is 5.13. The van der Waals surface area contributed by atoms with E-state index >= 15 is 0 Å². The fraction of sp³-hybridized carbons (Fsp3) is 0.500. The van der Waals surface area contributed by atoms with Gasteiger partial charge in [0.15, 0.2) is 11.5 Å². The number of imidazole rings is 1. The third kappa shape index (κ3) is 3.38. The quantitative estimate of drug-likeness (QED) is 0.887. The molecule has 1 aliphatic carbocycles. The number of carbonyl (C=O) groups is 2. The molecule has 0 saturated heterocycles. The van der Waals surface area contributed by atoms with Gasteiger partial charge in [-0.2, -0.15) is 13.2 Å². The number of aromatic nitrogens is 2. The van der Waals surface area contributed by atoms with Gasteiger partial charge in [0.05, 0.1) is 11.1 Å². The number of rotatable bonds is 3. The molecule has 3 heterocycles. The Hall–Kier alpha value is -2.58. The predicted octanol–water partition coefficient (Wildman–Crippen LogP) is 3.01. The van der Waals surface area contributed by atoms with E-state index < -0.39 is 11.9 Å². The normalized spacial score (nSPS) is 19.5. The second kappa shape index (κ2) is 6.54. The number of hydrogen-bond donors (Lipinski definition) is 1. The summed E-state index contributed by atoms with van der Waals surface area (Å²) >= 11 is 0. The number of carbonyl (C=O) groups excluding carboxylic acids is 2. The summed E-state index contributed by atoms with van der Waals surface area (Å²) in [6, 6.07) is 0. The summed E-state index contributed by atoms with van der Waals surface area (Å²) in [5.74, 6) is 0.490. The number of furan rings is 1. The van der Waals surface area contributed by atoms with Gasteiger partial charge in [0.1, 0.15) is 17.8 Å². The van der Waals surface area contributed by atoms with E-state index in [9.17, 15) is 22.8 Å². The minimum absolute atomic E-state index is 0.00448. The van der Waals surface area contributed by atoms with Crippen LogP contribution in [0.5, 0.6) is 0 Å². The molecule has 1 amide bonds. The first-order chi connectivity index (χ1) is 12.8. The van der Waals surface area contributed by atoms with Gasteiger partial charge in [-0.15, -0.1) is 0 Å². The number of fused-ring (bicyclic) bond motifs is 2. The van der Waals surface area contributed by atoms with E-state index in [0.717, 1.165) is 12.6 Å². The molecule has 0 fully saturated rings. The number of Topliss-reactive ketones (excluding diaryl/α,β-unsaturated/α-hetero) is 1. The highest BCUT2D eigenvalue weighted by atomic mass is 19.4. The van der Waals surface area contributed by atoms with E-state index in [1.807, 2.05) is 0 Å². The van der Waals surface area contributed by atoms with Crippen LogP contribution in [0, 0.1) is 5.92 Å². The third-order valence-electron chi connectivity index (χ3n) is 5.13. The van der Waals surface area contributed by atoms with Crippen LogP contribution in [-0.4, -0.2) is 27.8 Å². The van der Waals surface area contributed by atoms with Gasteiger partial charge in [0, 0.05) is 38.5 Å². The van der Waals surface area contributed by atoms with Crippen molar-refractivity contribution in [3.63, 3.8) is 0 Å². The van der Waals surface area contributed by atoms with Gasteiger partial charge < -0.3 is 14.3 Å². The van der Waals surface area contributed by atoms with Crippen molar-refractivity contribution in [3.05, 3.63) is 40.9 Å². The number of nitrogens with one attached hydrogen (secondary N) is 1. The van der Waals surface area contributed by atoms with Crippen LogP contribution < -0.4 is 5.32 Å². The van der Waals surface area contributed by atoms with Crippen LogP contribution in [0.15, 0.2) is 16.9 Å². The Morgan fingerprint density at radius 2 is 2.15 bits per heavy atom. The Kier molecular flexibility index (Phi) is 4.32. The van der Waals surface area contributed by atoms with Crippen molar-refractivity contribution in [3.8, 4) is 0 Å². The lowest BCUT2D eigenvalue weighted by Gasteiger charge is -2.23. The molecule has 2 aromatic rings. The zero-order valence-electron chi connectivity index (χ0n) is 14.4. The second-order valence-electron chi connectivity index (χ2n) is 7.03. The molecule has 0 saturated carbocycles. The van der Waals surface area contributed by atoms with Crippen molar-refractivity contribution in [1.82, 2.24) is 14.9 Å². The highest BCUT2D eigenvalue weighted by Gasteiger charge is 2.36. The molecular formula is C18H18F3N3O3. The molecule has 6 nitrogen and oxygen atoms in total. The van der Waals surface area contributed by atoms with Gasteiger partial charge in [0.2, 0.25) is 0 Å². The van der Waals surface area contributed by atoms with Gasteiger partial charge in [-0.05, 0) is 18.8 Å². The first-order valence-corrected chi connectivity index (χ1v) is 8.88. The molecule has 0 spiro atoms. The van der Waals surface area contributed by atoms with E-state index in [1.165, 1.54) is 10.8 Å². The molecular weight excluding hydrogens is 363 g/mol. The van der Waals surface area contributed by atoms with Crippen molar-refractivity contribution in [1.29, 1.82) is 0 Å². The Labute approximate surface area is 152 Å². The lowest BCUT2D eigenvalue weighted by molar-refractivity contribution is -0.141. The molecule has 27 heavy (non-hydrogen) atoms. The number of ketones is 1. The average Bonchev–Trinajstić information content (AvgIpc) is 3.23. The molecule has 9 heteroatoms. The van der Waals surface area contributed by atoms with Gasteiger partial charge in [-0.3, -0.25) is 9.59 Å². The van der Waals surface area contributed by atoms with E-state index in [0.29, 0.717) is 55.9 Å². The zero-order chi connectivity index (χ0) is 19.2. The smallest absolute Gasteiger partial charge is 0.434 e. The molecule has 1 N–H and O–H groups in total. The van der Waals surface area contributed by atoms with Crippen molar-refractivity contribution in [2.45, 2.75) is 44.8 Å². The Morgan fingerprint density at radius 1 is 1.33 bits per heavy atom. The maximum absolute atomic E-state index is 12.8. The Bertz CT molecular complexity index is 898.